The van der Waals surface area contributed by atoms with Crippen LogP contribution in [0.15, 0.2) is 6.07 Å². The van der Waals surface area contributed by atoms with Crippen molar-refractivity contribution in [2.75, 3.05) is 32.7 Å². The van der Waals surface area contributed by atoms with E-state index in [-0.39, 0.29) is 11.8 Å². The summed E-state index contributed by atoms with van der Waals surface area (Å²) in [5, 5.41) is 17.5. The van der Waals surface area contributed by atoms with Gasteiger partial charge < -0.3 is 10.0 Å². The molecular weight excluding hydrogens is 292 g/mol. The number of rotatable bonds is 4. The van der Waals surface area contributed by atoms with E-state index in [1.165, 1.54) is 25.7 Å². The molecular formula is C17H28N4O2. The van der Waals surface area contributed by atoms with Crippen molar-refractivity contribution in [2.24, 2.45) is 5.92 Å². The minimum Gasteiger partial charge on any atom is -0.391 e. The first-order valence-corrected chi connectivity index (χ1v) is 8.81. The highest BCUT2D eigenvalue weighted by Crippen LogP contribution is 2.21. The van der Waals surface area contributed by atoms with Crippen molar-refractivity contribution in [3.05, 3.63) is 17.5 Å². The monoisotopic (exact) mass is 320 g/mol. The van der Waals surface area contributed by atoms with Gasteiger partial charge in [0.25, 0.3) is 0 Å². The molecule has 1 amide bonds. The predicted octanol–water partition coefficient (Wildman–Crippen LogP) is 0.956. The summed E-state index contributed by atoms with van der Waals surface area (Å²) in [5.41, 5.74) is 2.00. The number of H-pyrrole nitrogens is 1. The Labute approximate surface area is 137 Å². The van der Waals surface area contributed by atoms with Gasteiger partial charge in [0.15, 0.2) is 0 Å². The van der Waals surface area contributed by atoms with Gasteiger partial charge in [-0.25, -0.2) is 0 Å². The van der Waals surface area contributed by atoms with Crippen LogP contribution in [0.2, 0.25) is 0 Å². The zero-order valence-electron chi connectivity index (χ0n) is 14.0. The molecule has 2 N–H and O–H groups in total. The van der Waals surface area contributed by atoms with Crippen molar-refractivity contribution in [1.29, 1.82) is 0 Å². The Kier molecular flexibility index (Phi) is 5.33. The lowest BCUT2D eigenvalue weighted by molar-refractivity contribution is -0.131. The van der Waals surface area contributed by atoms with Gasteiger partial charge in [-0.05, 0) is 45.3 Å². The molecule has 3 heterocycles. The molecule has 6 heteroatoms. The summed E-state index contributed by atoms with van der Waals surface area (Å²) in [7, 11) is 0. The average molecular weight is 320 g/mol. The summed E-state index contributed by atoms with van der Waals surface area (Å²) < 4.78 is 0. The number of carbonyl (C=O) groups excluding carboxylic acids is 1. The van der Waals surface area contributed by atoms with Crippen LogP contribution in [0, 0.1) is 12.8 Å². The number of hydrogen-bond acceptors (Lipinski definition) is 4. The number of likely N-dealkylation sites (tertiary alicyclic amines) is 2. The molecule has 128 valence electrons. The van der Waals surface area contributed by atoms with Crippen molar-refractivity contribution in [3.63, 3.8) is 0 Å². The number of amides is 1. The summed E-state index contributed by atoms with van der Waals surface area (Å²) in [5.74, 6) is 0.248. The minimum atomic E-state index is -0.444. The van der Waals surface area contributed by atoms with Gasteiger partial charge >= 0.3 is 0 Å². The van der Waals surface area contributed by atoms with E-state index < -0.39 is 6.10 Å². The molecule has 3 rings (SSSR count). The second-order valence-electron chi connectivity index (χ2n) is 7.06. The molecule has 0 unspecified atom stereocenters. The number of aliphatic hydroxyl groups excluding tert-OH is 1. The van der Waals surface area contributed by atoms with Crippen LogP contribution in [0.5, 0.6) is 0 Å². The highest BCUT2D eigenvalue weighted by atomic mass is 16.3. The Morgan fingerprint density at radius 1 is 1.30 bits per heavy atom. The van der Waals surface area contributed by atoms with Crippen molar-refractivity contribution in [1.82, 2.24) is 20.0 Å². The van der Waals surface area contributed by atoms with Crippen molar-refractivity contribution < 1.29 is 9.90 Å². The third-order valence-electron chi connectivity index (χ3n) is 5.05. The van der Waals surface area contributed by atoms with Crippen molar-refractivity contribution in [3.8, 4) is 0 Å². The Bertz CT molecular complexity index is 522. The Morgan fingerprint density at radius 3 is 2.70 bits per heavy atom. The van der Waals surface area contributed by atoms with Gasteiger partial charge in [-0.15, -0.1) is 0 Å². The zero-order chi connectivity index (χ0) is 16.2. The van der Waals surface area contributed by atoms with E-state index in [0.29, 0.717) is 19.6 Å². The van der Waals surface area contributed by atoms with Crippen LogP contribution in [0.3, 0.4) is 0 Å². The number of aliphatic hydroxyl groups is 1. The zero-order valence-corrected chi connectivity index (χ0v) is 14.0. The first kappa shape index (κ1) is 16.5. The molecule has 2 fully saturated rings. The molecule has 0 spiro atoms. The second kappa shape index (κ2) is 7.45. The fourth-order valence-corrected chi connectivity index (χ4v) is 3.69. The van der Waals surface area contributed by atoms with Gasteiger partial charge in [-0.1, -0.05) is 12.8 Å². The Hall–Kier alpha value is -1.40. The highest BCUT2D eigenvalue weighted by molar-refractivity contribution is 5.78. The van der Waals surface area contributed by atoms with Gasteiger partial charge in [0.1, 0.15) is 0 Å². The molecule has 1 aromatic rings. The maximum Gasteiger partial charge on any atom is 0.236 e. The van der Waals surface area contributed by atoms with Crippen LogP contribution in [-0.4, -0.2) is 69.8 Å². The predicted molar refractivity (Wildman–Crippen MR) is 88.0 cm³/mol. The highest BCUT2D eigenvalue weighted by Gasteiger charge is 2.34. The molecule has 23 heavy (non-hydrogen) atoms. The van der Waals surface area contributed by atoms with Crippen LogP contribution >= 0.6 is 0 Å². The van der Waals surface area contributed by atoms with Gasteiger partial charge in [0.05, 0.1) is 18.3 Å². The largest absolute Gasteiger partial charge is 0.391 e. The minimum absolute atomic E-state index is 0.0887. The Morgan fingerprint density at radius 2 is 2.04 bits per heavy atom. The molecule has 0 saturated carbocycles. The van der Waals surface area contributed by atoms with E-state index in [9.17, 15) is 9.90 Å². The van der Waals surface area contributed by atoms with E-state index in [1.54, 1.807) is 0 Å². The lowest BCUT2D eigenvalue weighted by Crippen LogP contribution is -2.40. The maximum atomic E-state index is 12.5. The summed E-state index contributed by atoms with van der Waals surface area (Å²) in [6.45, 7) is 5.62. The maximum absolute atomic E-state index is 12.5. The van der Waals surface area contributed by atoms with E-state index in [2.05, 4.69) is 15.1 Å². The van der Waals surface area contributed by atoms with Crippen molar-refractivity contribution in [2.45, 2.75) is 45.1 Å². The number of nitrogens with one attached hydrogen (secondary N) is 1. The van der Waals surface area contributed by atoms with Gasteiger partial charge in [0, 0.05) is 24.7 Å². The number of aromatic amines is 1. The molecule has 2 aliphatic rings. The lowest BCUT2D eigenvalue weighted by Gasteiger charge is -2.23. The number of β-amino-alcohol motifs (C(OH)–C–C–N with tert-alkyl or cyclic N) is 1. The summed E-state index contributed by atoms with van der Waals surface area (Å²) >= 11 is 0. The molecule has 2 aliphatic heterocycles. The van der Waals surface area contributed by atoms with Crippen LogP contribution in [0.4, 0.5) is 0 Å². The normalized spacial score (nSPS) is 26.4. The smallest absolute Gasteiger partial charge is 0.236 e. The topological polar surface area (TPSA) is 72.5 Å². The standard InChI is InChI=1S/C17H28N4O2/c1-13-8-15(19-18-13)9-14-10-21(11-16(14)22)17(23)12-20-6-4-2-3-5-7-20/h8,14,16,22H,2-7,9-12H2,1H3,(H,18,19)/t14-,16-/m1/s1. The van der Waals surface area contributed by atoms with Crippen LogP contribution in [0.25, 0.3) is 0 Å². The van der Waals surface area contributed by atoms with E-state index in [1.807, 2.05) is 17.9 Å². The summed E-state index contributed by atoms with van der Waals surface area (Å²) in [4.78, 5) is 16.6. The van der Waals surface area contributed by atoms with E-state index in [4.69, 9.17) is 0 Å². The van der Waals surface area contributed by atoms with Crippen LogP contribution < -0.4 is 0 Å². The number of carbonyl (C=O) groups is 1. The SMILES string of the molecule is Cc1cc(C[C@@H]2CN(C(=O)CN3CCCCCC3)C[C@H]2O)n[nH]1. The van der Waals surface area contributed by atoms with Crippen LogP contribution in [0.1, 0.15) is 37.1 Å². The third kappa shape index (κ3) is 4.32. The van der Waals surface area contributed by atoms with Gasteiger partial charge in [-0.3, -0.25) is 14.8 Å². The fourth-order valence-electron chi connectivity index (χ4n) is 3.69. The number of aromatic nitrogens is 2. The average Bonchev–Trinajstić information content (AvgIpc) is 2.98. The Balaban J connectivity index is 1.51. The molecule has 6 nitrogen and oxygen atoms in total. The fraction of sp³-hybridized carbons (Fsp3) is 0.765. The molecule has 0 radical (unpaired) electrons. The molecule has 0 aliphatic carbocycles. The van der Waals surface area contributed by atoms with Crippen LogP contribution in [-0.2, 0) is 11.2 Å². The molecule has 0 aromatic carbocycles. The van der Waals surface area contributed by atoms with Gasteiger partial charge in [-0.2, -0.15) is 5.10 Å². The number of aryl methyl sites for hydroxylation is 1. The molecule has 0 bridgehead atoms. The third-order valence-corrected chi connectivity index (χ3v) is 5.05. The molecule has 2 saturated heterocycles. The second-order valence-corrected chi connectivity index (χ2v) is 7.06. The molecule has 1 aromatic heterocycles. The first-order chi connectivity index (χ1) is 11.1. The molecule has 2 atom stereocenters. The number of nitrogens with zero attached hydrogens (tertiary/aromatic N) is 3. The summed E-state index contributed by atoms with van der Waals surface area (Å²) in [6.07, 6.45) is 5.21. The summed E-state index contributed by atoms with van der Waals surface area (Å²) in [6, 6.07) is 2.01. The quantitative estimate of drug-likeness (QED) is 0.866. The first-order valence-electron chi connectivity index (χ1n) is 8.81. The van der Waals surface area contributed by atoms with E-state index in [0.717, 1.165) is 30.9 Å². The van der Waals surface area contributed by atoms with E-state index >= 15 is 0 Å². The lowest BCUT2D eigenvalue weighted by atomic mass is 10.0. The van der Waals surface area contributed by atoms with Gasteiger partial charge in [0.2, 0.25) is 5.91 Å². The number of hydrogen-bond donors (Lipinski definition) is 2. The van der Waals surface area contributed by atoms with Crippen molar-refractivity contribution >= 4 is 5.91 Å².